The van der Waals surface area contributed by atoms with Crippen molar-refractivity contribution in [1.29, 1.82) is 0 Å². The van der Waals surface area contributed by atoms with Crippen molar-refractivity contribution >= 4 is 15.1 Å². The highest BCUT2D eigenvalue weighted by molar-refractivity contribution is 8.05. The van der Waals surface area contributed by atoms with Gasteiger partial charge in [-0.25, -0.2) is 17.6 Å². The van der Waals surface area contributed by atoms with Crippen LogP contribution in [0.2, 0.25) is 0 Å². The quantitative estimate of drug-likeness (QED) is 0.699. The summed E-state index contributed by atoms with van der Waals surface area (Å²) in [5.74, 6) is -0.621. The van der Waals surface area contributed by atoms with Crippen LogP contribution in [0.4, 0.5) is 9.18 Å². The van der Waals surface area contributed by atoms with Gasteiger partial charge in [0.2, 0.25) is 0 Å². The van der Waals surface area contributed by atoms with Crippen molar-refractivity contribution in [2.45, 2.75) is 4.90 Å². The zero-order chi connectivity index (χ0) is 10.1. The average Bonchev–Trinajstić information content (AvgIpc) is 2.04. The molecular formula is C7H5FO4S. The number of benzene rings is 1. The molecule has 1 aromatic carbocycles. The number of hydrogen-bond acceptors (Lipinski definition) is 3. The Morgan fingerprint density at radius 1 is 1.23 bits per heavy atom. The van der Waals surface area contributed by atoms with Crippen molar-refractivity contribution in [3.05, 3.63) is 30.1 Å². The van der Waals surface area contributed by atoms with Crippen LogP contribution in [0.5, 0.6) is 0 Å². The van der Waals surface area contributed by atoms with Crippen molar-refractivity contribution in [2.75, 3.05) is 0 Å². The van der Waals surface area contributed by atoms with Crippen molar-refractivity contribution < 1.29 is 22.7 Å². The van der Waals surface area contributed by atoms with E-state index >= 15 is 0 Å². The molecule has 0 fully saturated rings. The maximum atomic E-state index is 12.3. The van der Waals surface area contributed by atoms with E-state index in [-0.39, 0.29) is 0 Å². The first-order valence-electron chi connectivity index (χ1n) is 3.18. The van der Waals surface area contributed by atoms with Crippen LogP contribution in [-0.4, -0.2) is 18.8 Å². The maximum absolute atomic E-state index is 12.3. The molecular weight excluding hydrogens is 199 g/mol. The maximum Gasteiger partial charge on any atom is 0.427 e. The smallest absolute Gasteiger partial charge is 0.427 e. The largest absolute Gasteiger partial charge is 0.469 e. The first-order valence-corrected chi connectivity index (χ1v) is 4.66. The summed E-state index contributed by atoms with van der Waals surface area (Å²) in [6, 6.07) is 3.57. The third kappa shape index (κ3) is 1.83. The topological polar surface area (TPSA) is 71.4 Å². The molecule has 0 aromatic heterocycles. The van der Waals surface area contributed by atoms with Crippen LogP contribution >= 0.6 is 0 Å². The fourth-order valence-corrected chi connectivity index (χ4v) is 1.41. The molecule has 1 rings (SSSR count). The number of hydrogen-bond donors (Lipinski definition) is 1. The van der Waals surface area contributed by atoms with Crippen molar-refractivity contribution in [2.24, 2.45) is 0 Å². The standard InChI is InChI=1S/C7H5FO4S/c8-5-1-3-6(4-2-5)13(11,12)7(9)10/h1-4H,(H,9,10). The summed E-state index contributed by atoms with van der Waals surface area (Å²) in [6.07, 6.45) is 0. The number of sulfone groups is 1. The molecule has 4 nitrogen and oxygen atoms in total. The summed E-state index contributed by atoms with van der Waals surface area (Å²) >= 11 is 0. The van der Waals surface area contributed by atoms with Crippen molar-refractivity contribution in [1.82, 2.24) is 0 Å². The van der Waals surface area contributed by atoms with Gasteiger partial charge in [0.1, 0.15) is 5.82 Å². The molecule has 0 aliphatic rings. The first kappa shape index (κ1) is 9.66. The molecule has 6 heteroatoms. The average molecular weight is 204 g/mol. The zero-order valence-electron chi connectivity index (χ0n) is 6.27. The van der Waals surface area contributed by atoms with Crippen LogP contribution in [0.1, 0.15) is 0 Å². The number of rotatable bonds is 1. The molecule has 0 aliphatic carbocycles. The third-order valence-electron chi connectivity index (χ3n) is 1.35. The van der Waals surface area contributed by atoms with Gasteiger partial charge in [-0.1, -0.05) is 0 Å². The second-order valence-electron chi connectivity index (χ2n) is 2.22. The van der Waals surface area contributed by atoms with Gasteiger partial charge < -0.3 is 5.11 Å². The fourth-order valence-electron chi connectivity index (χ4n) is 0.715. The minimum Gasteiger partial charge on any atom is -0.469 e. The number of halogens is 1. The Kier molecular flexibility index (Phi) is 2.33. The molecule has 0 atom stereocenters. The van der Waals surface area contributed by atoms with Crippen LogP contribution in [0.15, 0.2) is 29.2 Å². The Morgan fingerprint density at radius 3 is 2.08 bits per heavy atom. The monoisotopic (exact) mass is 204 g/mol. The molecule has 13 heavy (non-hydrogen) atoms. The Labute approximate surface area is 73.5 Å². The van der Waals surface area contributed by atoms with Crippen LogP contribution in [0.25, 0.3) is 0 Å². The van der Waals surface area contributed by atoms with Gasteiger partial charge in [0.25, 0.3) is 9.84 Å². The van der Waals surface area contributed by atoms with E-state index in [0.717, 1.165) is 24.3 Å². The highest BCUT2D eigenvalue weighted by Crippen LogP contribution is 2.11. The van der Waals surface area contributed by atoms with Gasteiger partial charge >= 0.3 is 5.30 Å². The van der Waals surface area contributed by atoms with Gasteiger partial charge in [-0.05, 0) is 24.3 Å². The van der Waals surface area contributed by atoms with Crippen LogP contribution < -0.4 is 0 Å². The summed E-state index contributed by atoms with van der Waals surface area (Å²) in [4.78, 5) is 9.80. The SMILES string of the molecule is O=C(O)S(=O)(=O)c1ccc(F)cc1. The second kappa shape index (κ2) is 3.14. The summed E-state index contributed by atoms with van der Waals surface area (Å²) in [7, 11) is -4.34. The van der Waals surface area contributed by atoms with Gasteiger partial charge in [0.05, 0.1) is 4.90 Å². The lowest BCUT2D eigenvalue weighted by atomic mass is 10.4. The first-order chi connectivity index (χ1) is 5.94. The van der Waals surface area contributed by atoms with E-state index in [1.807, 2.05) is 0 Å². The number of carbonyl (C=O) groups is 1. The molecule has 0 spiro atoms. The van der Waals surface area contributed by atoms with E-state index < -0.39 is 25.9 Å². The predicted octanol–water partition coefficient (Wildman–Crippen LogP) is 1.28. The Balaban J connectivity index is 3.25. The molecule has 1 N–H and O–H groups in total. The van der Waals surface area contributed by atoms with Gasteiger partial charge in [0.15, 0.2) is 0 Å². The Bertz CT molecular complexity index is 420. The zero-order valence-corrected chi connectivity index (χ0v) is 7.08. The highest BCUT2D eigenvalue weighted by Gasteiger charge is 2.23. The Morgan fingerprint density at radius 2 is 1.69 bits per heavy atom. The molecule has 0 saturated carbocycles. The molecule has 0 heterocycles. The lowest BCUT2D eigenvalue weighted by Gasteiger charge is -1.97. The minimum absolute atomic E-state index is 0.429. The highest BCUT2D eigenvalue weighted by atomic mass is 32.2. The van der Waals surface area contributed by atoms with E-state index in [4.69, 9.17) is 5.11 Å². The predicted molar refractivity (Wildman–Crippen MR) is 41.6 cm³/mol. The van der Waals surface area contributed by atoms with Gasteiger partial charge in [-0.2, -0.15) is 0 Å². The molecule has 0 saturated heterocycles. The lowest BCUT2D eigenvalue weighted by molar-refractivity contribution is 0.219. The Hall–Kier alpha value is -1.43. The summed E-state index contributed by atoms with van der Waals surface area (Å²) in [5, 5.41) is 6.34. The van der Waals surface area contributed by atoms with E-state index in [1.54, 1.807) is 0 Å². The van der Waals surface area contributed by atoms with Crippen molar-refractivity contribution in [3.63, 3.8) is 0 Å². The van der Waals surface area contributed by atoms with Crippen molar-refractivity contribution in [3.8, 4) is 0 Å². The molecule has 70 valence electrons. The lowest BCUT2D eigenvalue weighted by Crippen LogP contribution is -2.11. The van der Waals surface area contributed by atoms with Gasteiger partial charge in [-0.15, -0.1) is 0 Å². The summed E-state index contributed by atoms with van der Waals surface area (Å²) < 4.78 is 34.2. The molecule has 0 unspecified atom stereocenters. The second-order valence-corrected chi connectivity index (χ2v) is 4.05. The fraction of sp³-hybridized carbons (Fsp3) is 0. The van der Waals surface area contributed by atoms with Gasteiger partial charge in [0, 0.05) is 0 Å². The normalized spacial score (nSPS) is 11.2. The van der Waals surface area contributed by atoms with Crippen LogP contribution in [0, 0.1) is 5.82 Å². The summed E-state index contributed by atoms with van der Waals surface area (Å²) in [5.41, 5.74) is 0. The summed E-state index contributed by atoms with van der Waals surface area (Å²) in [6.45, 7) is 0. The van der Waals surface area contributed by atoms with Crippen LogP contribution in [0.3, 0.4) is 0 Å². The van der Waals surface area contributed by atoms with E-state index in [0.29, 0.717) is 0 Å². The molecule has 0 aliphatic heterocycles. The van der Waals surface area contributed by atoms with E-state index in [1.165, 1.54) is 0 Å². The molecule has 0 radical (unpaired) electrons. The molecule has 1 aromatic rings. The third-order valence-corrected chi connectivity index (χ3v) is 2.71. The minimum atomic E-state index is -4.34. The number of carboxylic acid groups (broad SMARTS) is 1. The van der Waals surface area contributed by atoms with Crippen LogP contribution in [-0.2, 0) is 9.84 Å². The molecule has 0 amide bonds. The molecule has 0 bridgehead atoms. The van der Waals surface area contributed by atoms with Gasteiger partial charge in [-0.3, -0.25) is 0 Å². The van der Waals surface area contributed by atoms with E-state index in [9.17, 15) is 17.6 Å². The van der Waals surface area contributed by atoms with E-state index in [2.05, 4.69) is 0 Å².